The van der Waals surface area contributed by atoms with Crippen molar-refractivity contribution in [2.45, 2.75) is 38.0 Å². The van der Waals surface area contributed by atoms with Crippen molar-refractivity contribution in [3.8, 4) is 0 Å². The van der Waals surface area contributed by atoms with Crippen LogP contribution in [0.4, 0.5) is 0 Å². The van der Waals surface area contributed by atoms with Crippen LogP contribution in [0, 0.1) is 0 Å². The summed E-state index contributed by atoms with van der Waals surface area (Å²) in [6, 6.07) is 0.449. The number of aromatic nitrogens is 2. The van der Waals surface area contributed by atoms with Gasteiger partial charge in [-0.3, -0.25) is 0 Å². The maximum atomic E-state index is 9.10. The van der Waals surface area contributed by atoms with Gasteiger partial charge in [0.1, 0.15) is 0 Å². The predicted molar refractivity (Wildman–Crippen MR) is 51.8 cm³/mol. The van der Waals surface area contributed by atoms with E-state index in [1.807, 2.05) is 0 Å². The van der Waals surface area contributed by atoms with E-state index in [0.717, 1.165) is 25.0 Å². The standard InChI is InChI=1S/C10H16N2O2/c1-14-10-3-2-8(4-10)12-7-11-5-9(12)6-13/h5,7-8,10,13H,2-4,6H2,1H3. The van der Waals surface area contributed by atoms with Crippen LogP contribution >= 0.6 is 0 Å². The van der Waals surface area contributed by atoms with Crippen LogP contribution in [0.2, 0.25) is 0 Å². The number of ether oxygens (including phenoxy) is 1. The number of methoxy groups -OCH3 is 1. The Morgan fingerprint density at radius 2 is 2.50 bits per heavy atom. The van der Waals surface area contributed by atoms with Crippen molar-refractivity contribution < 1.29 is 9.84 Å². The average Bonchev–Trinajstić information content (AvgIpc) is 2.85. The summed E-state index contributed by atoms with van der Waals surface area (Å²) < 4.78 is 7.39. The number of imidazole rings is 1. The maximum Gasteiger partial charge on any atom is 0.0951 e. The lowest BCUT2D eigenvalue weighted by Gasteiger charge is -2.14. The Kier molecular flexibility index (Phi) is 2.84. The van der Waals surface area contributed by atoms with Gasteiger partial charge in [-0.1, -0.05) is 0 Å². The first-order valence-electron chi connectivity index (χ1n) is 4.99. The van der Waals surface area contributed by atoms with Crippen molar-refractivity contribution in [2.75, 3.05) is 7.11 Å². The van der Waals surface area contributed by atoms with Gasteiger partial charge in [-0.2, -0.15) is 0 Å². The second-order valence-electron chi connectivity index (χ2n) is 3.77. The fraction of sp³-hybridized carbons (Fsp3) is 0.700. The highest BCUT2D eigenvalue weighted by molar-refractivity contribution is 5.00. The van der Waals surface area contributed by atoms with E-state index >= 15 is 0 Å². The Morgan fingerprint density at radius 3 is 3.14 bits per heavy atom. The van der Waals surface area contributed by atoms with E-state index in [2.05, 4.69) is 9.55 Å². The smallest absolute Gasteiger partial charge is 0.0951 e. The third-order valence-electron chi connectivity index (χ3n) is 2.99. The molecule has 1 heterocycles. The Bertz CT molecular complexity index is 298. The first-order chi connectivity index (χ1) is 6.85. The molecule has 1 aliphatic rings. The first-order valence-corrected chi connectivity index (χ1v) is 4.99. The van der Waals surface area contributed by atoms with Crippen LogP contribution in [0.15, 0.2) is 12.5 Å². The maximum absolute atomic E-state index is 9.10. The Labute approximate surface area is 83.5 Å². The molecule has 78 valence electrons. The number of aliphatic hydroxyl groups excluding tert-OH is 1. The van der Waals surface area contributed by atoms with Gasteiger partial charge in [0, 0.05) is 13.2 Å². The van der Waals surface area contributed by atoms with Crippen LogP contribution < -0.4 is 0 Å². The molecule has 4 heteroatoms. The summed E-state index contributed by atoms with van der Waals surface area (Å²) in [5, 5.41) is 9.10. The highest BCUT2D eigenvalue weighted by Crippen LogP contribution is 2.32. The van der Waals surface area contributed by atoms with Crippen LogP contribution in [0.25, 0.3) is 0 Å². The van der Waals surface area contributed by atoms with Crippen molar-refractivity contribution in [3.05, 3.63) is 18.2 Å². The molecule has 4 nitrogen and oxygen atoms in total. The van der Waals surface area contributed by atoms with Gasteiger partial charge in [-0.15, -0.1) is 0 Å². The molecule has 2 unspecified atom stereocenters. The Balaban J connectivity index is 2.09. The zero-order chi connectivity index (χ0) is 9.97. The van der Waals surface area contributed by atoms with Gasteiger partial charge in [0.25, 0.3) is 0 Å². The van der Waals surface area contributed by atoms with E-state index in [1.165, 1.54) is 0 Å². The molecule has 0 bridgehead atoms. The van der Waals surface area contributed by atoms with Crippen molar-refractivity contribution in [3.63, 3.8) is 0 Å². The Hall–Kier alpha value is -0.870. The van der Waals surface area contributed by atoms with Gasteiger partial charge in [-0.25, -0.2) is 4.98 Å². The van der Waals surface area contributed by atoms with Gasteiger partial charge in [0.05, 0.1) is 30.9 Å². The topological polar surface area (TPSA) is 47.3 Å². The summed E-state index contributed by atoms with van der Waals surface area (Å²) in [5.74, 6) is 0. The van der Waals surface area contributed by atoms with Crippen LogP contribution in [-0.4, -0.2) is 27.9 Å². The molecule has 0 radical (unpaired) electrons. The van der Waals surface area contributed by atoms with E-state index in [-0.39, 0.29) is 6.61 Å². The highest BCUT2D eigenvalue weighted by Gasteiger charge is 2.26. The minimum Gasteiger partial charge on any atom is -0.390 e. The van der Waals surface area contributed by atoms with Gasteiger partial charge >= 0.3 is 0 Å². The summed E-state index contributed by atoms with van der Waals surface area (Å²) in [7, 11) is 1.76. The molecule has 0 saturated heterocycles. The molecule has 14 heavy (non-hydrogen) atoms. The molecule has 1 fully saturated rings. The zero-order valence-corrected chi connectivity index (χ0v) is 8.39. The van der Waals surface area contributed by atoms with Crippen LogP contribution in [-0.2, 0) is 11.3 Å². The molecule has 1 aromatic rings. The lowest BCUT2D eigenvalue weighted by atomic mass is 10.2. The largest absolute Gasteiger partial charge is 0.390 e. The SMILES string of the molecule is COC1CCC(n2cncc2CO)C1. The molecular weight excluding hydrogens is 180 g/mol. The summed E-state index contributed by atoms with van der Waals surface area (Å²) >= 11 is 0. The summed E-state index contributed by atoms with van der Waals surface area (Å²) in [5.41, 5.74) is 0.895. The van der Waals surface area contributed by atoms with Crippen molar-refractivity contribution in [1.82, 2.24) is 9.55 Å². The third kappa shape index (κ3) is 1.67. The number of aliphatic hydroxyl groups is 1. The van der Waals surface area contributed by atoms with Crippen LogP contribution in [0.3, 0.4) is 0 Å². The molecule has 1 saturated carbocycles. The highest BCUT2D eigenvalue weighted by atomic mass is 16.5. The summed E-state index contributed by atoms with van der Waals surface area (Å²) in [6.45, 7) is 0.0636. The van der Waals surface area contributed by atoms with Gasteiger partial charge < -0.3 is 14.4 Å². The molecule has 0 spiro atoms. The molecule has 1 N–H and O–H groups in total. The molecular formula is C10H16N2O2. The van der Waals surface area contributed by atoms with E-state index < -0.39 is 0 Å². The molecule has 2 atom stereocenters. The number of hydrogen-bond donors (Lipinski definition) is 1. The molecule has 0 aliphatic heterocycles. The van der Waals surface area contributed by atoms with E-state index in [4.69, 9.17) is 9.84 Å². The minimum absolute atomic E-state index is 0.0636. The lowest BCUT2D eigenvalue weighted by Crippen LogP contribution is -2.10. The average molecular weight is 196 g/mol. The molecule has 0 amide bonds. The van der Waals surface area contributed by atoms with E-state index in [9.17, 15) is 0 Å². The lowest BCUT2D eigenvalue weighted by molar-refractivity contribution is 0.105. The monoisotopic (exact) mass is 196 g/mol. The number of hydrogen-bond acceptors (Lipinski definition) is 3. The van der Waals surface area contributed by atoms with Crippen LogP contribution in [0.5, 0.6) is 0 Å². The van der Waals surface area contributed by atoms with Gasteiger partial charge in [0.2, 0.25) is 0 Å². The van der Waals surface area contributed by atoms with Gasteiger partial charge in [-0.05, 0) is 19.3 Å². The third-order valence-corrected chi connectivity index (χ3v) is 2.99. The van der Waals surface area contributed by atoms with Gasteiger partial charge in [0.15, 0.2) is 0 Å². The van der Waals surface area contributed by atoms with Crippen LogP contribution in [0.1, 0.15) is 31.0 Å². The zero-order valence-electron chi connectivity index (χ0n) is 8.39. The normalized spacial score (nSPS) is 27.0. The predicted octanol–water partition coefficient (Wildman–Crippen LogP) is 1.12. The van der Waals surface area contributed by atoms with Crippen molar-refractivity contribution in [1.29, 1.82) is 0 Å². The molecule has 1 aromatic heterocycles. The van der Waals surface area contributed by atoms with Crippen molar-refractivity contribution >= 4 is 0 Å². The number of rotatable bonds is 3. The quantitative estimate of drug-likeness (QED) is 0.788. The van der Waals surface area contributed by atoms with E-state index in [1.54, 1.807) is 19.6 Å². The van der Waals surface area contributed by atoms with E-state index in [0.29, 0.717) is 12.1 Å². The second kappa shape index (κ2) is 4.11. The molecule has 2 rings (SSSR count). The summed E-state index contributed by atoms with van der Waals surface area (Å²) in [6.07, 6.45) is 7.13. The van der Waals surface area contributed by atoms with Crippen molar-refractivity contribution in [2.24, 2.45) is 0 Å². The Morgan fingerprint density at radius 1 is 1.64 bits per heavy atom. The first kappa shape index (κ1) is 9.68. The fourth-order valence-electron chi connectivity index (χ4n) is 2.17. The molecule has 0 aromatic carbocycles. The number of nitrogens with zero attached hydrogens (tertiary/aromatic N) is 2. The second-order valence-corrected chi connectivity index (χ2v) is 3.77. The summed E-state index contributed by atoms with van der Waals surface area (Å²) in [4.78, 5) is 4.05. The molecule has 1 aliphatic carbocycles. The fourth-order valence-corrected chi connectivity index (χ4v) is 2.17. The minimum atomic E-state index is 0.0636.